The molecule has 2 aromatic rings. The first kappa shape index (κ1) is 14.5. The second kappa shape index (κ2) is 6.01. The van der Waals surface area contributed by atoms with Crippen LogP contribution in [0.4, 0.5) is 5.13 Å². The third kappa shape index (κ3) is 3.54. The van der Waals surface area contributed by atoms with Crippen molar-refractivity contribution in [2.24, 2.45) is 0 Å². The van der Waals surface area contributed by atoms with Crippen molar-refractivity contribution in [1.82, 2.24) is 4.98 Å². The first-order chi connectivity index (χ1) is 9.45. The molecular weight excluding hydrogens is 268 g/mol. The van der Waals surface area contributed by atoms with Crippen LogP contribution in [0.2, 0.25) is 0 Å². The Morgan fingerprint density at radius 1 is 1.25 bits per heavy atom. The summed E-state index contributed by atoms with van der Waals surface area (Å²) in [5, 5.41) is 5.37. The summed E-state index contributed by atoms with van der Waals surface area (Å²) >= 11 is 1.44. The Balaban J connectivity index is 2.18. The minimum atomic E-state index is -0.133. The molecule has 0 aliphatic rings. The zero-order valence-corrected chi connectivity index (χ0v) is 13.0. The molecule has 2 rings (SSSR count). The molecule has 0 aliphatic heterocycles. The van der Waals surface area contributed by atoms with Crippen molar-refractivity contribution in [2.75, 3.05) is 5.32 Å². The smallest absolute Gasteiger partial charge is 0.250 e. The van der Waals surface area contributed by atoms with Crippen LogP contribution >= 0.6 is 11.3 Å². The van der Waals surface area contributed by atoms with Crippen molar-refractivity contribution in [3.05, 3.63) is 46.4 Å². The van der Waals surface area contributed by atoms with E-state index >= 15 is 0 Å². The van der Waals surface area contributed by atoms with E-state index in [1.807, 2.05) is 19.2 Å². The molecule has 0 atom stereocenters. The molecule has 1 aromatic heterocycles. The number of amides is 1. The number of anilines is 1. The van der Waals surface area contributed by atoms with E-state index < -0.39 is 0 Å². The lowest BCUT2D eigenvalue weighted by Gasteiger charge is -2.02. The fourth-order valence-electron chi connectivity index (χ4n) is 1.77. The first-order valence-corrected chi connectivity index (χ1v) is 7.32. The van der Waals surface area contributed by atoms with E-state index in [1.165, 1.54) is 22.5 Å². The summed E-state index contributed by atoms with van der Waals surface area (Å²) in [6.07, 6.45) is 1.57. The van der Waals surface area contributed by atoms with Crippen molar-refractivity contribution in [3.8, 4) is 11.3 Å². The van der Waals surface area contributed by atoms with Crippen molar-refractivity contribution in [3.63, 3.8) is 0 Å². The third-order valence-corrected chi connectivity index (χ3v) is 3.71. The number of benzene rings is 1. The molecule has 0 aliphatic carbocycles. The second-order valence-corrected chi connectivity index (χ2v) is 5.91. The van der Waals surface area contributed by atoms with Crippen molar-refractivity contribution >= 4 is 22.4 Å². The molecule has 3 nitrogen and oxygen atoms in total. The molecule has 1 N–H and O–H groups in total. The minimum Gasteiger partial charge on any atom is -0.298 e. The van der Waals surface area contributed by atoms with E-state index in [0.717, 1.165) is 16.8 Å². The van der Waals surface area contributed by atoms with E-state index in [9.17, 15) is 4.79 Å². The van der Waals surface area contributed by atoms with Gasteiger partial charge in [-0.3, -0.25) is 10.1 Å². The van der Waals surface area contributed by atoms with E-state index in [-0.39, 0.29) is 5.91 Å². The maximum Gasteiger partial charge on any atom is 0.250 e. The van der Waals surface area contributed by atoms with Gasteiger partial charge >= 0.3 is 0 Å². The molecule has 0 bridgehead atoms. The van der Waals surface area contributed by atoms with Gasteiger partial charge in [0.2, 0.25) is 5.91 Å². The van der Waals surface area contributed by atoms with Crippen LogP contribution in [0, 0.1) is 13.8 Å². The van der Waals surface area contributed by atoms with Crippen LogP contribution in [-0.2, 0) is 4.79 Å². The highest BCUT2D eigenvalue weighted by Gasteiger charge is 2.07. The summed E-state index contributed by atoms with van der Waals surface area (Å²) in [6.45, 7) is 7.96. The van der Waals surface area contributed by atoms with Crippen LogP contribution in [0.1, 0.15) is 25.0 Å². The number of hydrogen-bond acceptors (Lipinski definition) is 3. The normalized spacial score (nSPS) is 10.2. The molecule has 0 unspecified atom stereocenters. The second-order valence-electron chi connectivity index (χ2n) is 5.05. The lowest BCUT2D eigenvalue weighted by molar-refractivity contribution is -0.111. The number of aromatic nitrogens is 1. The van der Waals surface area contributed by atoms with Gasteiger partial charge in [0, 0.05) is 17.0 Å². The standard InChI is InChI=1S/C16H18N2OS/c1-10(2)7-15(19)18-16-17-14(9-20-16)13-6-5-11(3)12(4)8-13/h5-9H,1-4H3,(H,17,18,19). The SMILES string of the molecule is CC(C)=CC(=O)Nc1nc(-c2ccc(C)c(C)c2)cs1. The number of carbonyl (C=O) groups excluding carboxylic acids is 1. The number of nitrogens with one attached hydrogen (secondary N) is 1. The fourth-order valence-corrected chi connectivity index (χ4v) is 2.49. The molecule has 20 heavy (non-hydrogen) atoms. The number of carbonyl (C=O) groups is 1. The molecule has 104 valence electrons. The topological polar surface area (TPSA) is 42.0 Å². The van der Waals surface area contributed by atoms with Crippen molar-refractivity contribution < 1.29 is 4.79 Å². The highest BCUT2D eigenvalue weighted by molar-refractivity contribution is 7.14. The molecule has 4 heteroatoms. The van der Waals surface area contributed by atoms with Gasteiger partial charge in [-0.1, -0.05) is 17.7 Å². The minimum absolute atomic E-state index is 0.133. The van der Waals surface area contributed by atoms with Crippen LogP contribution in [-0.4, -0.2) is 10.9 Å². The van der Waals surface area contributed by atoms with Crippen LogP contribution in [0.5, 0.6) is 0 Å². The van der Waals surface area contributed by atoms with Crippen LogP contribution < -0.4 is 5.32 Å². The molecule has 0 fully saturated rings. The summed E-state index contributed by atoms with van der Waals surface area (Å²) < 4.78 is 0. The maximum absolute atomic E-state index is 11.6. The van der Waals surface area contributed by atoms with Crippen LogP contribution in [0.15, 0.2) is 35.2 Å². The van der Waals surface area contributed by atoms with Gasteiger partial charge in [-0.15, -0.1) is 11.3 Å². The van der Waals surface area contributed by atoms with Crippen molar-refractivity contribution in [2.45, 2.75) is 27.7 Å². The number of thiazole rings is 1. The quantitative estimate of drug-likeness (QED) is 0.853. The van der Waals surface area contributed by atoms with Crippen LogP contribution in [0.3, 0.4) is 0 Å². The summed E-state index contributed by atoms with van der Waals surface area (Å²) in [4.78, 5) is 16.1. The predicted octanol–water partition coefficient (Wildman–Crippen LogP) is 4.33. The van der Waals surface area contributed by atoms with Gasteiger partial charge in [0.25, 0.3) is 0 Å². The van der Waals surface area contributed by atoms with Gasteiger partial charge < -0.3 is 0 Å². The summed E-state index contributed by atoms with van der Waals surface area (Å²) in [5.74, 6) is -0.133. The van der Waals surface area contributed by atoms with E-state index in [1.54, 1.807) is 6.08 Å². The fraction of sp³-hybridized carbons (Fsp3) is 0.250. The average Bonchev–Trinajstić information content (AvgIpc) is 2.80. The highest BCUT2D eigenvalue weighted by atomic mass is 32.1. The Bertz CT molecular complexity index is 667. The summed E-state index contributed by atoms with van der Waals surface area (Å²) in [5.41, 5.74) is 5.44. The molecule has 0 saturated heterocycles. The van der Waals surface area contributed by atoms with Crippen LogP contribution in [0.25, 0.3) is 11.3 Å². The number of aryl methyl sites for hydroxylation is 2. The van der Waals surface area contributed by atoms with E-state index in [4.69, 9.17) is 0 Å². The number of hydrogen-bond donors (Lipinski definition) is 1. The maximum atomic E-state index is 11.6. The highest BCUT2D eigenvalue weighted by Crippen LogP contribution is 2.26. The molecule has 1 aromatic carbocycles. The average molecular weight is 286 g/mol. The molecule has 0 spiro atoms. The third-order valence-electron chi connectivity index (χ3n) is 2.96. The molecule has 1 amide bonds. The van der Waals surface area contributed by atoms with Gasteiger partial charge in [0.15, 0.2) is 5.13 Å². The summed E-state index contributed by atoms with van der Waals surface area (Å²) in [7, 11) is 0. The molecule has 0 radical (unpaired) electrons. The zero-order chi connectivity index (χ0) is 14.7. The zero-order valence-electron chi connectivity index (χ0n) is 12.2. The lowest BCUT2D eigenvalue weighted by atomic mass is 10.1. The van der Waals surface area contributed by atoms with E-state index in [2.05, 4.69) is 42.3 Å². The Morgan fingerprint density at radius 2 is 2.00 bits per heavy atom. The number of allylic oxidation sites excluding steroid dienone is 1. The Kier molecular flexibility index (Phi) is 4.35. The van der Waals surface area contributed by atoms with Gasteiger partial charge in [-0.2, -0.15) is 0 Å². The van der Waals surface area contributed by atoms with Gasteiger partial charge in [0.05, 0.1) is 5.69 Å². The molecule has 1 heterocycles. The van der Waals surface area contributed by atoms with Gasteiger partial charge in [-0.25, -0.2) is 4.98 Å². The predicted molar refractivity (Wildman–Crippen MR) is 85.1 cm³/mol. The Labute approximate surface area is 123 Å². The van der Waals surface area contributed by atoms with Gasteiger partial charge in [0.1, 0.15) is 0 Å². The largest absolute Gasteiger partial charge is 0.298 e. The van der Waals surface area contributed by atoms with Crippen molar-refractivity contribution in [1.29, 1.82) is 0 Å². The molecule has 0 saturated carbocycles. The monoisotopic (exact) mass is 286 g/mol. The van der Waals surface area contributed by atoms with E-state index in [0.29, 0.717) is 5.13 Å². The van der Waals surface area contributed by atoms with Gasteiger partial charge in [-0.05, 0) is 44.9 Å². The Hall–Kier alpha value is -1.94. The number of rotatable bonds is 3. The molecular formula is C16H18N2OS. The number of nitrogens with zero attached hydrogens (tertiary/aromatic N) is 1. The lowest BCUT2D eigenvalue weighted by Crippen LogP contribution is -2.07. The first-order valence-electron chi connectivity index (χ1n) is 6.45. The Morgan fingerprint density at radius 3 is 2.65 bits per heavy atom. The summed E-state index contributed by atoms with van der Waals surface area (Å²) in [6, 6.07) is 6.26.